The number of ketones is 1. The summed E-state index contributed by atoms with van der Waals surface area (Å²) in [4.78, 5) is 12.1. The predicted molar refractivity (Wildman–Crippen MR) is 72.4 cm³/mol. The standard InChI is InChI=1S/C16H18O/c1-2-3-4-12-16(17)15-11-7-9-13-8-5-6-10-14(13)15/h5-11H,2-4,12H2,1H3. The second-order valence-electron chi connectivity index (χ2n) is 4.41. The second-order valence-corrected chi connectivity index (χ2v) is 4.41. The summed E-state index contributed by atoms with van der Waals surface area (Å²) in [6.45, 7) is 2.16. The van der Waals surface area contributed by atoms with E-state index in [0.717, 1.165) is 35.6 Å². The zero-order valence-corrected chi connectivity index (χ0v) is 10.3. The molecule has 1 heteroatoms. The quantitative estimate of drug-likeness (QED) is 0.537. The van der Waals surface area contributed by atoms with Gasteiger partial charge in [-0.15, -0.1) is 0 Å². The van der Waals surface area contributed by atoms with Crippen molar-refractivity contribution in [3.8, 4) is 0 Å². The Labute approximate surface area is 102 Å². The van der Waals surface area contributed by atoms with Gasteiger partial charge in [0.05, 0.1) is 0 Å². The van der Waals surface area contributed by atoms with E-state index in [1.807, 2.05) is 30.3 Å². The summed E-state index contributed by atoms with van der Waals surface area (Å²) in [7, 11) is 0. The highest BCUT2D eigenvalue weighted by Crippen LogP contribution is 2.20. The van der Waals surface area contributed by atoms with Gasteiger partial charge in [-0.25, -0.2) is 0 Å². The lowest BCUT2D eigenvalue weighted by Crippen LogP contribution is -1.99. The van der Waals surface area contributed by atoms with Crippen molar-refractivity contribution in [2.24, 2.45) is 0 Å². The third-order valence-electron chi connectivity index (χ3n) is 3.10. The molecule has 88 valence electrons. The van der Waals surface area contributed by atoms with Crippen molar-refractivity contribution in [2.45, 2.75) is 32.6 Å². The lowest BCUT2D eigenvalue weighted by atomic mass is 9.98. The van der Waals surface area contributed by atoms with E-state index in [2.05, 4.69) is 19.1 Å². The van der Waals surface area contributed by atoms with Crippen LogP contribution in [0.3, 0.4) is 0 Å². The fraction of sp³-hybridized carbons (Fsp3) is 0.312. The monoisotopic (exact) mass is 226 g/mol. The van der Waals surface area contributed by atoms with Crippen molar-refractivity contribution in [3.05, 3.63) is 48.0 Å². The maximum atomic E-state index is 12.1. The maximum Gasteiger partial charge on any atom is 0.163 e. The van der Waals surface area contributed by atoms with Gasteiger partial charge in [-0.1, -0.05) is 62.2 Å². The van der Waals surface area contributed by atoms with Gasteiger partial charge < -0.3 is 0 Å². The fourth-order valence-corrected chi connectivity index (χ4v) is 2.14. The number of carbonyl (C=O) groups excluding carboxylic acids is 1. The summed E-state index contributed by atoms with van der Waals surface area (Å²) in [5.74, 6) is 0.273. The first-order valence-electron chi connectivity index (χ1n) is 6.34. The number of rotatable bonds is 5. The highest BCUT2D eigenvalue weighted by Gasteiger charge is 2.08. The molecule has 2 aromatic carbocycles. The molecule has 0 heterocycles. The van der Waals surface area contributed by atoms with Crippen LogP contribution in [0.2, 0.25) is 0 Å². The number of carbonyl (C=O) groups is 1. The Balaban J connectivity index is 2.26. The largest absolute Gasteiger partial charge is 0.294 e. The number of fused-ring (bicyclic) bond motifs is 1. The fourth-order valence-electron chi connectivity index (χ4n) is 2.14. The lowest BCUT2D eigenvalue weighted by Gasteiger charge is -2.05. The second kappa shape index (κ2) is 5.62. The zero-order valence-electron chi connectivity index (χ0n) is 10.3. The molecule has 2 aromatic rings. The molecule has 0 spiro atoms. The first-order valence-corrected chi connectivity index (χ1v) is 6.34. The molecule has 0 bridgehead atoms. The van der Waals surface area contributed by atoms with Gasteiger partial charge in [-0.2, -0.15) is 0 Å². The molecule has 0 radical (unpaired) electrons. The Morgan fingerprint density at radius 2 is 1.76 bits per heavy atom. The van der Waals surface area contributed by atoms with Crippen LogP contribution < -0.4 is 0 Å². The van der Waals surface area contributed by atoms with E-state index in [1.165, 1.54) is 0 Å². The molecule has 0 saturated carbocycles. The Kier molecular flexibility index (Phi) is 3.92. The Hall–Kier alpha value is -1.63. The molecular weight excluding hydrogens is 208 g/mol. The summed E-state index contributed by atoms with van der Waals surface area (Å²) < 4.78 is 0. The van der Waals surface area contributed by atoms with Crippen LogP contribution in [0.1, 0.15) is 43.0 Å². The third kappa shape index (κ3) is 2.73. The highest BCUT2D eigenvalue weighted by atomic mass is 16.1. The van der Waals surface area contributed by atoms with Crippen molar-refractivity contribution < 1.29 is 4.79 Å². The van der Waals surface area contributed by atoms with E-state index in [9.17, 15) is 4.79 Å². The van der Waals surface area contributed by atoms with E-state index in [0.29, 0.717) is 6.42 Å². The SMILES string of the molecule is CCCCCC(=O)c1cccc2ccccc12. The minimum absolute atomic E-state index is 0.273. The maximum absolute atomic E-state index is 12.1. The zero-order chi connectivity index (χ0) is 12.1. The van der Waals surface area contributed by atoms with Crippen molar-refractivity contribution in [3.63, 3.8) is 0 Å². The van der Waals surface area contributed by atoms with Crippen molar-refractivity contribution in [2.75, 3.05) is 0 Å². The normalized spacial score (nSPS) is 10.6. The molecule has 0 unspecified atom stereocenters. The van der Waals surface area contributed by atoms with Crippen LogP contribution in [0.15, 0.2) is 42.5 Å². The van der Waals surface area contributed by atoms with Crippen molar-refractivity contribution in [1.29, 1.82) is 0 Å². The van der Waals surface area contributed by atoms with Crippen molar-refractivity contribution in [1.82, 2.24) is 0 Å². The Morgan fingerprint density at radius 1 is 1.00 bits per heavy atom. The topological polar surface area (TPSA) is 17.1 Å². The van der Waals surface area contributed by atoms with Gasteiger partial charge in [-0.05, 0) is 17.2 Å². The van der Waals surface area contributed by atoms with Crippen LogP contribution >= 0.6 is 0 Å². The summed E-state index contributed by atoms with van der Waals surface area (Å²) in [6.07, 6.45) is 3.96. The van der Waals surface area contributed by atoms with Crippen LogP contribution in [0, 0.1) is 0 Å². The molecule has 0 aliphatic carbocycles. The van der Waals surface area contributed by atoms with Gasteiger partial charge in [0.2, 0.25) is 0 Å². The van der Waals surface area contributed by atoms with E-state index in [-0.39, 0.29) is 5.78 Å². The summed E-state index contributed by atoms with van der Waals surface area (Å²) >= 11 is 0. The number of Topliss-reactive ketones (excluding diaryl/α,β-unsaturated/α-hetero) is 1. The van der Waals surface area contributed by atoms with Crippen LogP contribution in [0.25, 0.3) is 10.8 Å². The number of hydrogen-bond acceptors (Lipinski definition) is 1. The van der Waals surface area contributed by atoms with E-state index in [1.54, 1.807) is 0 Å². The van der Waals surface area contributed by atoms with Gasteiger partial charge in [0.15, 0.2) is 5.78 Å². The molecule has 0 atom stereocenters. The molecule has 2 rings (SSSR count). The Morgan fingerprint density at radius 3 is 2.59 bits per heavy atom. The smallest absolute Gasteiger partial charge is 0.163 e. The van der Waals surface area contributed by atoms with Crippen LogP contribution in [0.5, 0.6) is 0 Å². The minimum Gasteiger partial charge on any atom is -0.294 e. The molecular formula is C16H18O. The molecule has 1 nitrogen and oxygen atoms in total. The predicted octanol–water partition coefficient (Wildman–Crippen LogP) is 4.60. The number of benzene rings is 2. The first-order chi connectivity index (χ1) is 8.33. The van der Waals surface area contributed by atoms with Gasteiger partial charge in [-0.3, -0.25) is 4.79 Å². The third-order valence-corrected chi connectivity index (χ3v) is 3.10. The molecule has 0 aliphatic heterocycles. The molecule has 17 heavy (non-hydrogen) atoms. The van der Waals surface area contributed by atoms with Crippen LogP contribution in [0.4, 0.5) is 0 Å². The molecule has 0 saturated heterocycles. The number of hydrogen-bond donors (Lipinski definition) is 0. The summed E-state index contributed by atoms with van der Waals surface area (Å²) in [6, 6.07) is 14.0. The van der Waals surface area contributed by atoms with Gasteiger partial charge in [0.1, 0.15) is 0 Å². The molecule has 0 amide bonds. The van der Waals surface area contributed by atoms with Crippen LogP contribution in [-0.2, 0) is 0 Å². The molecule has 0 fully saturated rings. The van der Waals surface area contributed by atoms with Crippen LogP contribution in [-0.4, -0.2) is 5.78 Å². The average Bonchev–Trinajstić information content (AvgIpc) is 2.38. The summed E-state index contributed by atoms with van der Waals surface area (Å²) in [5, 5.41) is 2.23. The van der Waals surface area contributed by atoms with Gasteiger partial charge >= 0.3 is 0 Å². The lowest BCUT2D eigenvalue weighted by molar-refractivity contribution is 0.0981. The van der Waals surface area contributed by atoms with E-state index >= 15 is 0 Å². The van der Waals surface area contributed by atoms with Gasteiger partial charge in [0, 0.05) is 12.0 Å². The molecule has 0 aromatic heterocycles. The first kappa shape index (κ1) is 11.8. The number of unbranched alkanes of at least 4 members (excludes halogenated alkanes) is 2. The minimum atomic E-state index is 0.273. The van der Waals surface area contributed by atoms with Crippen molar-refractivity contribution >= 4 is 16.6 Å². The molecule has 0 N–H and O–H groups in total. The van der Waals surface area contributed by atoms with E-state index < -0.39 is 0 Å². The van der Waals surface area contributed by atoms with Gasteiger partial charge in [0.25, 0.3) is 0 Å². The molecule has 0 aliphatic rings. The average molecular weight is 226 g/mol. The summed E-state index contributed by atoms with van der Waals surface area (Å²) in [5.41, 5.74) is 0.874. The van der Waals surface area contributed by atoms with E-state index in [4.69, 9.17) is 0 Å². The Bertz CT molecular complexity index is 508. The highest BCUT2D eigenvalue weighted by molar-refractivity contribution is 6.08.